The van der Waals surface area contributed by atoms with Crippen LogP contribution in [0.4, 0.5) is 0 Å². The number of carbonyl (C=O) groups is 2. The molecule has 2 aromatic rings. The van der Waals surface area contributed by atoms with Crippen molar-refractivity contribution in [2.24, 2.45) is 17.8 Å². The third-order valence-electron chi connectivity index (χ3n) is 5.43. The summed E-state index contributed by atoms with van der Waals surface area (Å²) in [7, 11) is -7.45. The van der Waals surface area contributed by atoms with E-state index in [9.17, 15) is 31.6 Å². The quantitative estimate of drug-likeness (QED) is 0.153. The van der Waals surface area contributed by atoms with Gasteiger partial charge in [0, 0.05) is 24.9 Å². The van der Waals surface area contributed by atoms with Gasteiger partial charge in [0.05, 0.1) is 24.3 Å². The minimum Gasteiger partial charge on any atom is -0.289 e. The fourth-order valence-electron chi connectivity index (χ4n) is 3.69. The predicted octanol–water partition coefficient (Wildman–Crippen LogP) is 2.31. The van der Waals surface area contributed by atoms with Crippen LogP contribution in [0.25, 0.3) is 6.08 Å². The molecule has 1 aromatic heterocycles. The highest BCUT2D eigenvalue weighted by molar-refractivity contribution is 7.88. The van der Waals surface area contributed by atoms with Crippen molar-refractivity contribution in [3.8, 4) is 0 Å². The summed E-state index contributed by atoms with van der Waals surface area (Å²) in [6.45, 7) is 3.80. The Kier molecular flexibility index (Phi) is 14.7. The fourth-order valence-corrected chi connectivity index (χ4v) is 4.37. The topological polar surface area (TPSA) is 183 Å². The lowest BCUT2D eigenvalue weighted by atomic mass is 9.82. The van der Waals surface area contributed by atoms with Gasteiger partial charge in [-0.25, -0.2) is 13.9 Å². The lowest BCUT2D eigenvalue weighted by Crippen LogP contribution is -2.51. The maximum Gasteiger partial charge on any atom is 0.261 e. The molecule has 222 valence electrons. The number of hydrazine groups is 1. The minimum atomic E-state index is -3.79. The zero-order valence-electron chi connectivity index (χ0n) is 23.0. The molecule has 2 amide bonds. The molecule has 0 saturated carbocycles. The van der Waals surface area contributed by atoms with E-state index in [-0.39, 0.29) is 18.9 Å². The number of aromatic nitrogens is 1. The molecular formula is C26H38N4O8S2. The average Bonchev–Trinajstić information content (AvgIpc) is 2.87. The molecule has 0 unspecified atom stereocenters. The van der Waals surface area contributed by atoms with Crippen molar-refractivity contribution in [2.75, 3.05) is 19.1 Å². The molecule has 40 heavy (non-hydrogen) atoms. The van der Waals surface area contributed by atoms with Gasteiger partial charge >= 0.3 is 0 Å². The maximum absolute atomic E-state index is 13.3. The van der Waals surface area contributed by atoms with Crippen LogP contribution in [0.15, 0.2) is 60.8 Å². The lowest BCUT2D eigenvalue weighted by molar-refractivity contribution is -0.141. The number of pyridine rings is 1. The molecule has 12 nitrogen and oxygen atoms in total. The monoisotopic (exact) mass is 598 g/mol. The standard InChI is InChI=1S/C25H34N4O5S.CH4O3S/c1-19(2)18-23(22(25(31)28-32)14-9-12-20-10-5-4-6-11-20)24(30)27-29(35(3,33)34)17-15-21-13-7-8-16-26-21;1-5(2,3)4/h4-13,16,19,22-23,32H,14-15,17-18H2,1-3H3,(H,27,30)(H,28,31);1H3,(H,2,3,4)/b12-9+;/t22-,23+;/m0./s1. The summed E-state index contributed by atoms with van der Waals surface area (Å²) in [5, 5.41) is 9.34. The number of amides is 2. The number of nitrogens with zero attached hydrogens (tertiary/aromatic N) is 2. The smallest absolute Gasteiger partial charge is 0.261 e. The Morgan fingerprint density at radius 3 is 2.08 bits per heavy atom. The van der Waals surface area contributed by atoms with Crippen LogP contribution in [-0.2, 0) is 36.2 Å². The van der Waals surface area contributed by atoms with E-state index in [0.29, 0.717) is 24.8 Å². The van der Waals surface area contributed by atoms with E-state index in [1.165, 1.54) is 0 Å². The summed E-state index contributed by atoms with van der Waals surface area (Å²) >= 11 is 0. The van der Waals surface area contributed by atoms with E-state index >= 15 is 0 Å². The summed E-state index contributed by atoms with van der Waals surface area (Å²) in [5.41, 5.74) is 5.76. The molecule has 0 bridgehead atoms. The molecule has 0 aliphatic carbocycles. The number of hydrogen-bond acceptors (Lipinski definition) is 8. The number of hydroxylamine groups is 1. The van der Waals surface area contributed by atoms with Crippen LogP contribution in [0.3, 0.4) is 0 Å². The molecule has 1 heterocycles. The van der Waals surface area contributed by atoms with Crippen LogP contribution in [0, 0.1) is 17.8 Å². The molecule has 0 saturated heterocycles. The Morgan fingerprint density at radius 2 is 1.57 bits per heavy atom. The van der Waals surface area contributed by atoms with Gasteiger partial charge < -0.3 is 0 Å². The molecule has 14 heteroatoms. The Hall–Kier alpha value is -3.17. The first-order valence-electron chi connectivity index (χ1n) is 12.4. The molecule has 0 aliphatic heterocycles. The van der Waals surface area contributed by atoms with Crippen LogP contribution in [-0.4, -0.2) is 66.9 Å². The van der Waals surface area contributed by atoms with E-state index in [1.807, 2.05) is 50.3 Å². The van der Waals surface area contributed by atoms with Gasteiger partial charge in [-0.05, 0) is 36.5 Å². The normalized spacial score (nSPS) is 13.4. The first kappa shape index (κ1) is 34.9. The summed E-state index contributed by atoms with van der Waals surface area (Å²) < 4.78 is 51.5. The van der Waals surface area contributed by atoms with E-state index < -0.39 is 43.8 Å². The summed E-state index contributed by atoms with van der Waals surface area (Å²) in [4.78, 5) is 30.1. The molecule has 1 aromatic carbocycles. The zero-order chi connectivity index (χ0) is 30.3. The molecule has 0 aliphatic rings. The predicted molar refractivity (Wildman–Crippen MR) is 152 cm³/mol. The highest BCUT2D eigenvalue weighted by Crippen LogP contribution is 2.26. The van der Waals surface area contributed by atoms with Gasteiger partial charge in [-0.3, -0.25) is 29.8 Å². The largest absolute Gasteiger partial charge is 0.289 e. The average molecular weight is 599 g/mol. The Morgan fingerprint density at radius 1 is 0.975 bits per heavy atom. The number of carbonyl (C=O) groups excluding carboxylic acids is 2. The number of benzene rings is 1. The third kappa shape index (κ3) is 14.8. The van der Waals surface area contributed by atoms with Crippen molar-refractivity contribution < 1.29 is 36.2 Å². The first-order valence-corrected chi connectivity index (χ1v) is 16.1. The summed E-state index contributed by atoms with van der Waals surface area (Å²) in [6.07, 6.45) is 7.72. The second-order valence-corrected chi connectivity index (χ2v) is 12.9. The van der Waals surface area contributed by atoms with Gasteiger partial charge in [-0.2, -0.15) is 8.42 Å². The zero-order valence-corrected chi connectivity index (χ0v) is 24.6. The number of rotatable bonds is 13. The molecule has 0 spiro atoms. The van der Waals surface area contributed by atoms with Gasteiger partial charge in [0.15, 0.2) is 0 Å². The fraction of sp³-hybridized carbons (Fsp3) is 0.423. The number of sulfonamides is 1. The van der Waals surface area contributed by atoms with E-state index in [0.717, 1.165) is 16.2 Å². The van der Waals surface area contributed by atoms with Gasteiger partial charge in [0.2, 0.25) is 21.8 Å². The van der Waals surface area contributed by atoms with Gasteiger partial charge in [-0.1, -0.05) is 62.4 Å². The SMILES string of the molecule is CC(C)C[C@@H](C(=O)NN(CCc1ccccn1)S(C)(=O)=O)[C@H](C/C=C/c1ccccc1)C(=O)NO.CS(=O)(=O)O. The van der Waals surface area contributed by atoms with Crippen molar-refractivity contribution in [3.63, 3.8) is 0 Å². The second-order valence-electron chi connectivity index (χ2n) is 9.48. The summed E-state index contributed by atoms with van der Waals surface area (Å²) in [6, 6.07) is 14.8. The van der Waals surface area contributed by atoms with Crippen molar-refractivity contribution in [1.82, 2.24) is 20.3 Å². The van der Waals surface area contributed by atoms with Gasteiger partial charge in [0.25, 0.3) is 10.1 Å². The first-order chi connectivity index (χ1) is 18.6. The van der Waals surface area contributed by atoms with Crippen LogP contribution in [0.1, 0.15) is 37.9 Å². The van der Waals surface area contributed by atoms with Crippen molar-refractivity contribution >= 4 is 38.0 Å². The molecule has 0 fully saturated rings. The molecule has 2 atom stereocenters. The Labute approximate surface area is 236 Å². The molecule has 4 N–H and O–H groups in total. The van der Waals surface area contributed by atoms with Gasteiger partial charge in [-0.15, -0.1) is 4.41 Å². The summed E-state index contributed by atoms with van der Waals surface area (Å²) in [5.74, 6) is -3.05. The molecule has 2 rings (SSSR count). The van der Waals surface area contributed by atoms with Crippen LogP contribution < -0.4 is 10.9 Å². The number of nitrogens with one attached hydrogen (secondary N) is 2. The van der Waals surface area contributed by atoms with Crippen molar-refractivity contribution in [1.29, 1.82) is 0 Å². The third-order valence-corrected chi connectivity index (χ3v) is 6.50. The highest BCUT2D eigenvalue weighted by atomic mass is 32.2. The Bertz CT molecular complexity index is 1290. The van der Waals surface area contributed by atoms with E-state index in [1.54, 1.807) is 36.0 Å². The maximum atomic E-state index is 13.3. The van der Waals surface area contributed by atoms with Crippen LogP contribution >= 0.6 is 0 Å². The second kappa shape index (κ2) is 16.8. The van der Waals surface area contributed by atoms with E-state index in [4.69, 9.17) is 4.55 Å². The van der Waals surface area contributed by atoms with Gasteiger partial charge in [0.1, 0.15) is 0 Å². The molecule has 0 radical (unpaired) electrons. The van der Waals surface area contributed by atoms with E-state index in [2.05, 4.69) is 10.4 Å². The highest BCUT2D eigenvalue weighted by Gasteiger charge is 2.35. The van der Waals surface area contributed by atoms with Crippen molar-refractivity contribution in [2.45, 2.75) is 33.1 Å². The number of allylic oxidation sites excluding steroid dienone is 1. The molecular weight excluding hydrogens is 560 g/mol. The number of hydrogen-bond donors (Lipinski definition) is 4. The van der Waals surface area contributed by atoms with Crippen LogP contribution in [0.2, 0.25) is 0 Å². The Balaban J connectivity index is 0.00000146. The van der Waals surface area contributed by atoms with Crippen molar-refractivity contribution in [3.05, 3.63) is 72.1 Å². The lowest BCUT2D eigenvalue weighted by Gasteiger charge is -2.28. The minimum absolute atomic E-state index is 0.0131. The van der Waals surface area contributed by atoms with Crippen LogP contribution in [0.5, 0.6) is 0 Å².